The zero-order valence-electron chi connectivity index (χ0n) is 10.4. The minimum Gasteiger partial charge on any atom is -0.371 e. The summed E-state index contributed by atoms with van der Waals surface area (Å²) < 4.78 is 13.0. The molecule has 1 rings (SSSR count). The van der Waals surface area contributed by atoms with Crippen molar-refractivity contribution in [2.24, 2.45) is 5.92 Å². The van der Waals surface area contributed by atoms with E-state index in [2.05, 4.69) is 30.7 Å². The van der Waals surface area contributed by atoms with Crippen molar-refractivity contribution < 1.29 is 4.39 Å². The van der Waals surface area contributed by atoms with Crippen molar-refractivity contribution in [1.29, 1.82) is 0 Å². The van der Waals surface area contributed by atoms with Gasteiger partial charge in [0.2, 0.25) is 5.95 Å². The first kappa shape index (κ1) is 12.9. The molecule has 0 N–H and O–H groups in total. The highest BCUT2D eigenvalue weighted by Crippen LogP contribution is 2.18. The van der Waals surface area contributed by atoms with E-state index in [1.54, 1.807) is 0 Å². The molecule has 0 aromatic carbocycles. The van der Waals surface area contributed by atoms with Crippen LogP contribution in [-0.4, -0.2) is 18.1 Å². The predicted octanol–water partition coefficient (Wildman–Crippen LogP) is 3.48. The average molecular weight is 224 g/mol. The van der Waals surface area contributed by atoms with Crippen molar-refractivity contribution in [3.8, 4) is 0 Å². The maximum absolute atomic E-state index is 13.0. The van der Waals surface area contributed by atoms with Gasteiger partial charge in [-0.1, -0.05) is 26.7 Å². The van der Waals surface area contributed by atoms with E-state index in [4.69, 9.17) is 0 Å². The quantitative estimate of drug-likeness (QED) is 0.688. The number of halogens is 1. The van der Waals surface area contributed by atoms with Gasteiger partial charge in [-0.3, -0.25) is 0 Å². The highest BCUT2D eigenvalue weighted by atomic mass is 19.1. The van der Waals surface area contributed by atoms with E-state index in [0.29, 0.717) is 5.92 Å². The van der Waals surface area contributed by atoms with Crippen LogP contribution in [0.15, 0.2) is 18.3 Å². The van der Waals surface area contributed by atoms with E-state index in [1.165, 1.54) is 25.1 Å². The zero-order valence-corrected chi connectivity index (χ0v) is 10.4. The van der Waals surface area contributed by atoms with Crippen molar-refractivity contribution in [3.63, 3.8) is 0 Å². The monoisotopic (exact) mass is 224 g/mol. The second-order valence-electron chi connectivity index (χ2n) is 4.06. The van der Waals surface area contributed by atoms with Crippen molar-refractivity contribution in [2.75, 3.05) is 18.0 Å². The zero-order chi connectivity index (χ0) is 12.0. The van der Waals surface area contributed by atoms with Crippen LogP contribution in [0, 0.1) is 11.9 Å². The Hall–Kier alpha value is -1.12. The van der Waals surface area contributed by atoms with E-state index in [1.807, 2.05) is 6.07 Å². The van der Waals surface area contributed by atoms with Gasteiger partial charge in [-0.05, 0) is 18.9 Å². The molecule has 0 fully saturated rings. The molecule has 16 heavy (non-hydrogen) atoms. The normalized spacial score (nSPS) is 10.8. The van der Waals surface area contributed by atoms with Crippen LogP contribution in [-0.2, 0) is 0 Å². The summed E-state index contributed by atoms with van der Waals surface area (Å²) in [6, 6.07) is 3.38. The topological polar surface area (TPSA) is 16.1 Å². The Labute approximate surface area is 97.5 Å². The summed E-state index contributed by atoms with van der Waals surface area (Å²) >= 11 is 0. The molecule has 0 aliphatic rings. The standard InChI is InChI=1S/C13H21FN2/c1-4-11(5-2)10-16(6-3)12-7-8-15-13(14)9-12/h7-9,11H,4-6,10H2,1-3H3. The van der Waals surface area contributed by atoms with Crippen LogP contribution in [0.5, 0.6) is 0 Å². The number of hydrogen-bond acceptors (Lipinski definition) is 2. The molecule has 0 amide bonds. The molecule has 1 aromatic heterocycles. The van der Waals surface area contributed by atoms with Crippen LogP contribution in [0.2, 0.25) is 0 Å². The fourth-order valence-corrected chi connectivity index (χ4v) is 1.86. The number of hydrogen-bond donors (Lipinski definition) is 0. The molecule has 2 nitrogen and oxygen atoms in total. The molecule has 0 bridgehead atoms. The molecule has 90 valence electrons. The van der Waals surface area contributed by atoms with E-state index in [-0.39, 0.29) is 0 Å². The summed E-state index contributed by atoms with van der Waals surface area (Å²) in [5.74, 6) is 0.275. The first-order valence-electron chi connectivity index (χ1n) is 6.07. The number of anilines is 1. The molecule has 0 saturated carbocycles. The van der Waals surface area contributed by atoms with Crippen LogP contribution < -0.4 is 4.90 Å². The minimum absolute atomic E-state index is 0.402. The van der Waals surface area contributed by atoms with Crippen LogP contribution in [0.1, 0.15) is 33.6 Å². The molecular formula is C13H21FN2. The molecule has 0 saturated heterocycles. The average Bonchev–Trinajstić information content (AvgIpc) is 2.31. The van der Waals surface area contributed by atoms with Crippen molar-refractivity contribution in [1.82, 2.24) is 4.98 Å². The van der Waals surface area contributed by atoms with Crippen LogP contribution in [0.4, 0.5) is 10.1 Å². The third kappa shape index (κ3) is 3.47. The molecule has 0 aliphatic carbocycles. The summed E-state index contributed by atoms with van der Waals surface area (Å²) in [5.41, 5.74) is 0.932. The Morgan fingerprint density at radius 2 is 2.00 bits per heavy atom. The van der Waals surface area contributed by atoms with Gasteiger partial charge in [0.1, 0.15) is 0 Å². The van der Waals surface area contributed by atoms with E-state index >= 15 is 0 Å². The second kappa shape index (κ2) is 6.46. The van der Waals surface area contributed by atoms with Gasteiger partial charge in [-0.2, -0.15) is 4.39 Å². The summed E-state index contributed by atoms with van der Waals surface area (Å²) in [6.07, 6.45) is 3.86. The van der Waals surface area contributed by atoms with Gasteiger partial charge in [0.05, 0.1) is 0 Å². The third-order valence-electron chi connectivity index (χ3n) is 3.09. The van der Waals surface area contributed by atoms with E-state index in [0.717, 1.165) is 18.8 Å². The first-order valence-corrected chi connectivity index (χ1v) is 6.07. The van der Waals surface area contributed by atoms with Crippen molar-refractivity contribution in [2.45, 2.75) is 33.6 Å². The first-order chi connectivity index (χ1) is 7.71. The Morgan fingerprint density at radius 3 is 2.50 bits per heavy atom. The van der Waals surface area contributed by atoms with E-state index < -0.39 is 5.95 Å². The molecular weight excluding hydrogens is 203 g/mol. The molecule has 1 aromatic rings. The molecule has 0 spiro atoms. The SMILES string of the molecule is CCC(CC)CN(CC)c1ccnc(F)c1. The highest BCUT2D eigenvalue weighted by molar-refractivity contribution is 5.44. The van der Waals surface area contributed by atoms with Crippen LogP contribution >= 0.6 is 0 Å². The fraction of sp³-hybridized carbons (Fsp3) is 0.615. The van der Waals surface area contributed by atoms with Gasteiger partial charge in [0.25, 0.3) is 0 Å². The second-order valence-corrected chi connectivity index (χ2v) is 4.06. The Balaban J connectivity index is 2.74. The number of pyridine rings is 1. The number of nitrogens with zero attached hydrogens (tertiary/aromatic N) is 2. The smallest absolute Gasteiger partial charge is 0.214 e. The fourth-order valence-electron chi connectivity index (χ4n) is 1.86. The van der Waals surface area contributed by atoms with Gasteiger partial charge >= 0.3 is 0 Å². The summed E-state index contributed by atoms with van der Waals surface area (Å²) in [6.45, 7) is 8.40. The maximum Gasteiger partial charge on any atom is 0.214 e. The lowest BCUT2D eigenvalue weighted by molar-refractivity contribution is 0.485. The molecule has 0 atom stereocenters. The number of aromatic nitrogens is 1. The molecule has 0 radical (unpaired) electrons. The van der Waals surface area contributed by atoms with Gasteiger partial charge in [-0.15, -0.1) is 0 Å². The van der Waals surface area contributed by atoms with Gasteiger partial charge < -0.3 is 4.90 Å². The largest absolute Gasteiger partial charge is 0.371 e. The molecule has 3 heteroatoms. The van der Waals surface area contributed by atoms with Crippen molar-refractivity contribution in [3.05, 3.63) is 24.3 Å². The molecule has 0 aliphatic heterocycles. The van der Waals surface area contributed by atoms with Gasteiger partial charge in [0, 0.05) is 31.0 Å². The lowest BCUT2D eigenvalue weighted by Gasteiger charge is -2.27. The van der Waals surface area contributed by atoms with E-state index in [9.17, 15) is 4.39 Å². The van der Waals surface area contributed by atoms with Crippen LogP contribution in [0.25, 0.3) is 0 Å². The Kier molecular flexibility index (Phi) is 5.23. The van der Waals surface area contributed by atoms with Crippen LogP contribution in [0.3, 0.4) is 0 Å². The minimum atomic E-state index is -0.402. The van der Waals surface area contributed by atoms with Gasteiger partial charge in [0.15, 0.2) is 0 Å². The van der Waals surface area contributed by atoms with Crippen molar-refractivity contribution >= 4 is 5.69 Å². The molecule has 1 heterocycles. The third-order valence-corrected chi connectivity index (χ3v) is 3.09. The Morgan fingerprint density at radius 1 is 1.31 bits per heavy atom. The predicted molar refractivity (Wildman–Crippen MR) is 66.2 cm³/mol. The highest BCUT2D eigenvalue weighted by Gasteiger charge is 2.11. The summed E-state index contributed by atoms with van der Waals surface area (Å²) in [4.78, 5) is 5.79. The number of rotatable bonds is 6. The summed E-state index contributed by atoms with van der Waals surface area (Å²) in [7, 11) is 0. The molecule has 0 unspecified atom stereocenters. The maximum atomic E-state index is 13.0. The lowest BCUT2D eigenvalue weighted by atomic mass is 10.0. The summed E-state index contributed by atoms with van der Waals surface area (Å²) in [5, 5.41) is 0. The lowest BCUT2D eigenvalue weighted by Crippen LogP contribution is -2.29. The Bertz CT molecular complexity index is 311. The van der Waals surface area contributed by atoms with Gasteiger partial charge in [-0.25, -0.2) is 4.98 Å².